The number of piperazine rings is 1. The van der Waals surface area contributed by atoms with Gasteiger partial charge in [-0.2, -0.15) is 0 Å². The third-order valence-corrected chi connectivity index (χ3v) is 4.98. The Hall–Kier alpha value is -1.73. The number of carbonyl (C=O) groups is 1. The molecular formula is C14H18N4O2S. The number of hydrogen-bond donors (Lipinski definition) is 1. The number of hydrogen-bond acceptors (Lipinski definition) is 5. The summed E-state index contributed by atoms with van der Waals surface area (Å²) < 4.78 is 1.54. The largest absolute Gasteiger partial charge is 0.336 e. The smallest absolute Gasteiger partial charge is 0.271 e. The Morgan fingerprint density at radius 3 is 2.95 bits per heavy atom. The van der Waals surface area contributed by atoms with Crippen molar-refractivity contribution in [2.45, 2.75) is 26.8 Å². The summed E-state index contributed by atoms with van der Waals surface area (Å²) in [6.07, 6.45) is 1.42. The molecule has 0 aromatic carbocycles. The Balaban J connectivity index is 2.04. The van der Waals surface area contributed by atoms with E-state index in [1.165, 1.54) is 17.5 Å². The van der Waals surface area contributed by atoms with Gasteiger partial charge in [0.2, 0.25) is 0 Å². The normalized spacial score (nSPS) is 19.2. The number of amides is 1. The average Bonchev–Trinajstić information content (AvgIpc) is 2.74. The highest BCUT2D eigenvalue weighted by Gasteiger charge is 2.25. The van der Waals surface area contributed by atoms with Gasteiger partial charge >= 0.3 is 0 Å². The molecule has 1 saturated heterocycles. The Kier molecular flexibility index (Phi) is 3.54. The van der Waals surface area contributed by atoms with E-state index in [1.54, 1.807) is 9.30 Å². The summed E-state index contributed by atoms with van der Waals surface area (Å²) in [7, 11) is 0. The predicted molar refractivity (Wildman–Crippen MR) is 82.2 cm³/mol. The van der Waals surface area contributed by atoms with Crippen LogP contribution in [0.15, 0.2) is 11.0 Å². The first-order chi connectivity index (χ1) is 9.99. The fourth-order valence-corrected chi connectivity index (χ4v) is 3.54. The highest BCUT2D eigenvalue weighted by Crippen LogP contribution is 2.18. The molecule has 2 aromatic heterocycles. The first-order valence-electron chi connectivity index (χ1n) is 6.99. The second-order valence-corrected chi connectivity index (χ2v) is 6.63. The lowest BCUT2D eigenvalue weighted by molar-refractivity contribution is 0.0706. The van der Waals surface area contributed by atoms with Crippen molar-refractivity contribution in [2.24, 2.45) is 0 Å². The first kappa shape index (κ1) is 14.2. The minimum absolute atomic E-state index is 0.155. The minimum Gasteiger partial charge on any atom is -0.336 e. The summed E-state index contributed by atoms with van der Waals surface area (Å²) in [5.74, 6) is -0.224. The topological polar surface area (TPSA) is 66.7 Å². The molecule has 0 unspecified atom stereocenters. The first-order valence-corrected chi connectivity index (χ1v) is 7.81. The van der Waals surface area contributed by atoms with E-state index in [0.29, 0.717) is 18.1 Å². The van der Waals surface area contributed by atoms with Gasteiger partial charge in [-0.3, -0.25) is 14.0 Å². The highest BCUT2D eigenvalue weighted by molar-refractivity contribution is 7.17. The fourth-order valence-electron chi connectivity index (χ4n) is 2.61. The number of rotatable bonds is 1. The van der Waals surface area contributed by atoms with Crippen LogP contribution in [0.1, 0.15) is 27.9 Å². The van der Waals surface area contributed by atoms with Crippen molar-refractivity contribution in [1.82, 2.24) is 19.6 Å². The average molecular weight is 306 g/mol. The highest BCUT2D eigenvalue weighted by atomic mass is 32.1. The molecule has 0 saturated carbocycles. The van der Waals surface area contributed by atoms with E-state index in [0.717, 1.165) is 17.1 Å². The van der Waals surface area contributed by atoms with E-state index in [9.17, 15) is 9.59 Å². The summed E-state index contributed by atoms with van der Waals surface area (Å²) >= 11 is 1.47. The van der Waals surface area contributed by atoms with Gasteiger partial charge in [0.15, 0.2) is 4.96 Å². The molecule has 0 aliphatic carbocycles. The van der Waals surface area contributed by atoms with E-state index in [4.69, 9.17) is 0 Å². The van der Waals surface area contributed by atoms with Crippen LogP contribution in [0.2, 0.25) is 0 Å². The van der Waals surface area contributed by atoms with Crippen molar-refractivity contribution in [1.29, 1.82) is 0 Å². The lowest BCUT2D eigenvalue weighted by Crippen LogP contribution is -2.52. The molecule has 1 aliphatic rings. The Bertz CT molecular complexity index is 764. The number of nitrogens with one attached hydrogen (secondary N) is 1. The van der Waals surface area contributed by atoms with Crippen molar-refractivity contribution in [2.75, 3.05) is 19.6 Å². The van der Waals surface area contributed by atoms with Crippen molar-refractivity contribution in [3.63, 3.8) is 0 Å². The fraction of sp³-hybridized carbons (Fsp3) is 0.500. The number of fused-ring (bicyclic) bond motifs is 1. The Morgan fingerprint density at radius 1 is 1.48 bits per heavy atom. The van der Waals surface area contributed by atoms with E-state index in [1.807, 2.05) is 20.8 Å². The van der Waals surface area contributed by atoms with Crippen molar-refractivity contribution >= 4 is 22.2 Å². The molecule has 0 bridgehead atoms. The lowest BCUT2D eigenvalue weighted by atomic mass is 10.2. The number of nitrogens with zero attached hydrogens (tertiary/aromatic N) is 3. The number of aromatic nitrogens is 2. The molecule has 3 rings (SSSR count). The summed E-state index contributed by atoms with van der Waals surface area (Å²) in [5.41, 5.74) is 0.747. The molecule has 7 heteroatoms. The summed E-state index contributed by atoms with van der Waals surface area (Å²) in [4.78, 5) is 32.9. The maximum atomic E-state index is 12.6. The number of thiazole rings is 1. The van der Waals surface area contributed by atoms with Gasteiger partial charge in [0.25, 0.3) is 11.5 Å². The molecule has 112 valence electrons. The van der Waals surface area contributed by atoms with Gasteiger partial charge in [0, 0.05) is 42.4 Å². The maximum Gasteiger partial charge on any atom is 0.271 e. The third kappa shape index (κ3) is 2.36. The van der Waals surface area contributed by atoms with Gasteiger partial charge in [0.1, 0.15) is 5.56 Å². The second-order valence-electron chi connectivity index (χ2n) is 5.45. The minimum atomic E-state index is -0.266. The van der Waals surface area contributed by atoms with Crippen LogP contribution in [-0.4, -0.2) is 45.9 Å². The van der Waals surface area contributed by atoms with Crippen LogP contribution < -0.4 is 10.9 Å². The van der Waals surface area contributed by atoms with Gasteiger partial charge in [-0.1, -0.05) is 0 Å². The SMILES string of the molecule is Cc1sc2ncc(C(=O)N3CCN[C@H](C)C3)c(=O)n2c1C. The zero-order chi connectivity index (χ0) is 15.1. The summed E-state index contributed by atoms with van der Waals surface area (Å²) in [6.45, 7) is 7.84. The van der Waals surface area contributed by atoms with Crippen LogP contribution in [0, 0.1) is 13.8 Å². The molecule has 2 aromatic rings. The number of aryl methyl sites for hydroxylation is 2. The molecule has 1 fully saturated rings. The summed E-state index contributed by atoms with van der Waals surface area (Å²) in [6, 6.07) is 0.243. The molecule has 1 amide bonds. The quantitative estimate of drug-likeness (QED) is 0.846. The molecule has 1 N–H and O–H groups in total. The van der Waals surface area contributed by atoms with Crippen molar-refractivity contribution < 1.29 is 4.79 Å². The summed E-state index contributed by atoms with van der Waals surface area (Å²) in [5, 5.41) is 3.28. The molecule has 0 radical (unpaired) electrons. The molecule has 6 nitrogen and oxygen atoms in total. The lowest BCUT2D eigenvalue weighted by Gasteiger charge is -2.31. The Labute approximate surface area is 126 Å². The van der Waals surface area contributed by atoms with E-state index >= 15 is 0 Å². The van der Waals surface area contributed by atoms with Gasteiger partial charge in [0.05, 0.1) is 0 Å². The molecule has 1 atom stereocenters. The third-order valence-electron chi connectivity index (χ3n) is 3.90. The monoisotopic (exact) mass is 306 g/mol. The molecule has 3 heterocycles. The van der Waals surface area contributed by atoms with Gasteiger partial charge < -0.3 is 10.2 Å². The zero-order valence-corrected chi connectivity index (χ0v) is 13.2. The second kappa shape index (κ2) is 5.23. The van der Waals surface area contributed by atoms with Crippen LogP contribution in [0.25, 0.3) is 4.96 Å². The van der Waals surface area contributed by atoms with Gasteiger partial charge in [-0.15, -0.1) is 11.3 Å². The molecule has 21 heavy (non-hydrogen) atoms. The molecule has 0 spiro atoms. The van der Waals surface area contributed by atoms with Gasteiger partial charge in [-0.05, 0) is 20.8 Å². The van der Waals surface area contributed by atoms with Crippen LogP contribution in [0.3, 0.4) is 0 Å². The Morgan fingerprint density at radius 2 is 2.24 bits per heavy atom. The van der Waals surface area contributed by atoms with Crippen LogP contribution in [0.4, 0.5) is 0 Å². The molecular weight excluding hydrogens is 288 g/mol. The van der Waals surface area contributed by atoms with Crippen molar-refractivity contribution in [3.8, 4) is 0 Å². The van der Waals surface area contributed by atoms with Crippen LogP contribution in [-0.2, 0) is 0 Å². The van der Waals surface area contributed by atoms with E-state index in [2.05, 4.69) is 10.3 Å². The number of carbonyl (C=O) groups excluding carboxylic acids is 1. The standard InChI is InChI=1S/C14H18N4O2S/c1-8-7-17(5-4-15-8)12(19)11-6-16-14-18(13(11)20)9(2)10(3)21-14/h6,8,15H,4-5,7H2,1-3H3/t8-/m1/s1. The zero-order valence-electron chi connectivity index (χ0n) is 12.3. The van der Waals surface area contributed by atoms with E-state index in [-0.39, 0.29) is 23.1 Å². The van der Waals surface area contributed by atoms with Gasteiger partial charge in [-0.25, -0.2) is 4.98 Å². The van der Waals surface area contributed by atoms with Crippen LogP contribution in [0.5, 0.6) is 0 Å². The maximum absolute atomic E-state index is 12.6. The van der Waals surface area contributed by atoms with E-state index < -0.39 is 0 Å². The molecule has 1 aliphatic heterocycles. The predicted octanol–water partition coefficient (Wildman–Crippen LogP) is 0.807. The van der Waals surface area contributed by atoms with Crippen molar-refractivity contribution in [3.05, 3.63) is 32.7 Å². The van der Waals surface area contributed by atoms with Crippen LogP contribution >= 0.6 is 11.3 Å².